The first-order valence-corrected chi connectivity index (χ1v) is 12.5. The Morgan fingerprint density at radius 1 is 1.10 bits per heavy atom. The highest BCUT2D eigenvalue weighted by Crippen LogP contribution is 2.67. The highest BCUT2D eigenvalue weighted by Gasteiger charge is 2.66. The van der Waals surface area contributed by atoms with Crippen LogP contribution in [0.1, 0.15) is 86.0 Å². The van der Waals surface area contributed by atoms with Crippen molar-refractivity contribution < 1.29 is 14.7 Å². The van der Waals surface area contributed by atoms with Gasteiger partial charge in [0.15, 0.2) is 11.6 Å². The molecule has 0 amide bonds. The molecule has 0 radical (unpaired) electrons. The summed E-state index contributed by atoms with van der Waals surface area (Å²) in [7, 11) is 0. The van der Waals surface area contributed by atoms with E-state index in [2.05, 4.69) is 34.6 Å². The molecule has 0 aromatic rings. The first-order chi connectivity index (χ1) is 13.4. The van der Waals surface area contributed by atoms with Crippen LogP contribution in [0.25, 0.3) is 0 Å². The van der Waals surface area contributed by atoms with E-state index in [1.807, 2.05) is 6.08 Å². The SMILES string of the molecule is CC(C)(C)SCC(=O)[C@@]1(O)CC[C@@H]2[C@H]3CCC4=CC(=O)CC[C@]4(C)[C@@H]3CC[C@@]21C. The van der Waals surface area contributed by atoms with Crippen molar-refractivity contribution in [3.63, 3.8) is 0 Å². The number of thioether (sulfide) groups is 1. The van der Waals surface area contributed by atoms with Gasteiger partial charge >= 0.3 is 0 Å². The van der Waals surface area contributed by atoms with Gasteiger partial charge < -0.3 is 5.11 Å². The molecular weight excluding hydrogens is 380 g/mol. The number of carbonyl (C=O) groups excluding carboxylic acids is 2. The number of allylic oxidation sites excluding steroid dienone is 1. The third kappa shape index (κ3) is 3.28. The summed E-state index contributed by atoms with van der Waals surface area (Å²) in [6.07, 6.45) is 9.33. The second kappa shape index (κ2) is 6.95. The Labute approximate surface area is 180 Å². The highest BCUT2D eigenvalue weighted by molar-refractivity contribution is 8.01. The molecule has 162 valence electrons. The molecule has 1 N–H and O–H groups in total. The number of aliphatic hydroxyl groups is 1. The van der Waals surface area contributed by atoms with Crippen LogP contribution >= 0.6 is 11.8 Å². The van der Waals surface area contributed by atoms with Crippen LogP contribution in [0.3, 0.4) is 0 Å². The van der Waals surface area contributed by atoms with Crippen LogP contribution in [0.2, 0.25) is 0 Å². The second-order valence-electron chi connectivity index (χ2n) is 11.6. The minimum absolute atomic E-state index is 0.0295. The van der Waals surface area contributed by atoms with Crippen LogP contribution in [0, 0.1) is 28.6 Å². The van der Waals surface area contributed by atoms with Gasteiger partial charge in [0.1, 0.15) is 5.60 Å². The van der Waals surface area contributed by atoms with Crippen LogP contribution in [-0.4, -0.2) is 32.8 Å². The maximum atomic E-state index is 13.2. The summed E-state index contributed by atoms with van der Waals surface area (Å²) in [5.41, 5.74) is 0.0569. The number of ketones is 2. The Morgan fingerprint density at radius 3 is 2.48 bits per heavy atom. The van der Waals surface area contributed by atoms with Gasteiger partial charge in [-0.3, -0.25) is 9.59 Å². The molecule has 0 aromatic heterocycles. The largest absolute Gasteiger partial charge is 0.381 e. The van der Waals surface area contributed by atoms with Gasteiger partial charge in [-0.05, 0) is 74.2 Å². The van der Waals surface area contributed by atoms with E-state index in [4.69, 9.17) is 0 Å². The lowest BCUT2D eigenvalue weighted by molar-refractivity contribution is -0.159. The summed E-state index contributed by atoms with van der Waals surface area (Å²) in [4.78, 5) is 25.2. The van der Waals surface area contributed by atoms with Gasteiger partial charge in [-0.2, -0.15) is 0 Å². The van der Waals surface area contributed by atoms with Crippen molar-refractivity contribution in [1.29, 1.82) is 0 Å². The van der Waals surface area contributed by atoms with Crippen molar-refractivity contribution >= 4 is 23.3 Å². The number of Topliss-reactive ketones (excluding diaryl/α,β-unsaturated/α-hetero) is 1. The number of rotatable bonds is 3. The molecule has 0 heterocycles. The molecule has 0 aliphatic heterocycles. The van der Waals surface area contributed by atoms with Crippen molar-refractivity contribution in [1.82, 2.24) is 0 Å². The van der Waals surface area contributed by atoms with E-state index in [9.17, 15) is 14.7 Å². The smallest absolute Gasteiger partial charge is 0.174 e. The summed E-state index contributed by atoms with van der Waals surface area (Å²) in [5.74, 6) is 2.34. The predicted molar refractivity (Wildman–Crippen MR) is 119 cm³/mol. The molecule has 0 saturated heterocycles. The van der Waals surface area contributed by atoms with Gasteiger partial charge in [-0.1, -0.05) is 40.2 Å². The Bertz CT molecular complexity index is 750. The molecule has 0 bridgehead atoms. The van der Waals surface area contributed by atoms with Crippen LogP contribution in [0.4, 0.5) is 0 Å². The summed E-state index contributed by atoms with van der Waals surface area (Å²) in [5, 5.41) is 11.7. The molecule has 6 atom stereocenters. The van der Waals surface area contributed by atoms with Crippen molar-refractivity contribution in [2.24, 2.45) is 28.6 Å². The molecular formula is C25H38O3S. The second-order valence-corrected chi connectivity index (χ2v) is 13.5. The van der Waals surface area contributed by atoms with E-state index in [0.29, 0.717) is 42.1 Å². The van der Waals surface area contributed by atoms with Gasteiger partial charge in [0.25, 0.3) is 0 Å². The Kier molecular flexibility index (Phi) is 5.18. The summed E-state index contributed by atoms with van der Waals surface area (Å²) >= 11 is 1.65. The first kappa shape index (κ1) is 21.6. The fourth-order valence-electron chi connectivity index (χ4n) is 7.43. The molecule has 4 aliphatic rings. The fraction of sp³-hybridized carbons (Fsp3) is 0.840. The molecule has 3 saturated carbocycles. The summed E-state index contributed by atoms with van der Waals surface area (Å²) < 4.78 is 0.0295. The molecule has 4 rings (SSSR count). The minimum Gasteiger partial charge on any atom is -0.381 e. The zero-order valence-corrected chi connectivity index (χ0v) is 19.7. The normalized spacial score (nSPS) is 44.6. The molecule has 3 nitrogen and oxygen atoms in total. The average molecular weight is 419 g/mol. The Morgan fingerprint density at radius 2 is 1.79 bits per heavy atom. The lowest BCUT2D eigenvalue weighted by Crippen LogP contribution is -2.58. The number of fused-ring (bicyclic) bond motifs is 5. The number of hydrogen-bond acceptors (Lipinski definition) is 4. The molecule has 3 fully saturated rings. The molecule has 0 aromatic carbocycles. The van der Waals surface area contributed by atoms with Crippen LogP contribution < -0.4 is 0 Å². The van der Waals surface area contributed by atoms with E-state index in [-0.39, 0.29) is 21.4 Å². The fourth-order valence-corrected chi connectivity index (χ4v) is 8.24. The topological polar surface area (TPSA) is 54.4 Å². The van der Waals surface area contributed by atoms with E-state index >= 15 is 0 Å². The molecule has 29 heavy (non-hydrogen) atoms. The molecule has 0 unspecified atom stereocenters. The van der Waals surface area contributed by atoms with E-state index in [0.717, 1.165) is 38.5 Å². The zero-order valence-electron chi connectivity index (χ0n) is 18.8. The molecule has 0 spiro atoms. The zero-order chi connectivity index (χ0) is 21.2. The van der Waals surface area contributed by atoms with Crippen molar-refractivity contribution in [2.45, 2.75) is 96.3 Å². The predicted octanol–water partition coefficient (Wildman–Crippen LogP) is 5.35. The molecule has 4 heteroatoms. The Balaban J connectivity index is 1.58. The lowest BCUT2D eigenvalue weighted by atomic mass is 9.46. The quantitative estimate of drug-likeness (QED) is 0.671. The summed E-state index contributed by atoms with van der Waals surface area (Å²) in [6, 6.07) is 0. The number of hydrogen-bond donors (Lipinski definition) is 1. The maximum absolute atomic E-state index is 13.2. The lowest BCUT2D eigenvalue weighted by Gasteiger charge is -2.58. The number of carbonyl (C=O) groups is 2. The van der Waals surface area contributed by atoms with E-state index in [1.165, 1.54) is 5.57 Å². The molecule has 4 aliphatic carbocycles. The average Bonchev–Trinajstić information content (AvgIpc) is 2.92. The summed E-state index contributed by atoms with van der Waals surface area (Å²) in [6.45, 7) is 11.0. The van der Waals surface area contributed by atoms with Gasteiger partial charge in [0, 0.05) is 16.6 Å². The van der Waals surface area contributed by atoms with Crippen LogP contribution in [-0.2, 0) is 9.59 Å². The van der Waals surface area contributed by atoms with Crippen LogP contribution in [0.15, 0.2) is 11.6 Å². The minimum atomic E-state index is -1.17. The van der Waals surface area contributed by atoms with E-state index < -0.39 is 5.60 Å². The van der Waals surface area contributed by atoms with Gasteiger partial charge in [0.05, 0.1) is 5.75 Å². The van der Waals surface area contributed by atoms with Crippen molar-refractivity contribution in [2.75, 3.05) is 5.75 Å². The van der Waals surface area contributed by atoms with E-state index in [1.54, 1.807) is 11.8 Å². The monoisotopic (exact) mass is 418 g/mol. The Hall–Kier alpha value is -0.610. The van der Waals surface area contributed by atoms with Crippen molar-refractivity contribution in [3.05, 3.63) is 11.6 Å². The van der Waals surface area contributed by atoms with Crippen molar-refractivity contribution in [3.8, 4) is 0 Å². The standard InChI is InChI=1S/C25H38O3S/c1-22(2,3)29-15-21(27)25(28)13-10-20-18-7-6-16-14-17(26)8-11-23(16,4)19(18)9-12-24(20,25)5/h14,18-20,28H,6-13,15H2,1-5H3/t18-,19+,20+,23-,24-,25-/m0/s1. The maximum Gasteiger partial charge on any atom is 0.174 e. The first-order valence-electron chi connectivity index (χ1n) is 11.5. The highest BCUT2D eigenvalue weighted by atomic mass is 32.2. The van der Waals surface area contributed by atoms with Gasteiger partial charge in [0.2, 0.25) is 0 Å². The van der Waals surface area contributed by atoms with Gasteiger partial charge in [-0.25, -0.2) is 0 Å². The van der Waals surface area contributed by atoms with Gasteiger partial charge in [-0.15, -0.1) is 11.8 Å². The van der Waals surface area contributed by atoms with Crippen LogP contribution in [0.5, 0.6) is 0 Å². The third-order valence-electron chi connectivity index (χ3n) is 9.21. The third-order valence-corrected chi connectivity index (χ3v) is 10.5.